The average molecular weight is 241 g/mol. The Balaban J connectivity index is 2.19. The van der Waals surface area contributed by atoms with E-state index in [0.29, 0.717) is 25.3 Å². The molecule has 2 aliphatic heterocycles. The number of carboxylic acid groups (broad SMARTS) is 1. The number of carboxylic acids is 1. The van der Waals surface area contributed by atoms with Crippen molar-refractivity contribution in [3.63, 3.8) is 0 Å². The second kappa shape index (κ2) is 3.45. The smallest absolute Gasteiger partial charge is 0.329 e. The van der Waals surface area contributed by atoms with E-state index in [0.717, 1.165) is 0 Å². The van der Waals surface area contributed by atoms with E-state index in [2.05, 4.69) is 0 Å². The summed E-state index contributed by atoms with van der Waals surface area (Å²) in [6, 6.07) is 0. The number of rotatable bonds is 2. The Labute approximate surface area is 100 Å². The summed E-state index contributed by atoms with van der Waals surface area (Å²) >= 11 is 0. The van der Waals surface area contributed by atoms with Gasteiger partial charge in [0, 0.05) is 6.54 Å². The van der Waals surface area contributed by atoms with E-state index < -0.39 is 28.9 Å². The Morgan fingerprint density at radius 1 is 1.35 bits per heavy atom. The second-order valence-electron chi connectivity index (χ2n) is 6.33. The number of hydrogen-bond donors (Lipinski definition) is 2. The molecule has 2 N–H and O–H groups in total. The molecular formula is C12H19NO4. The van der Waals surface area contributed by atoms with Crippen LogP contribution in [0.5, 0.6) is 0 Å². The molecule has 1 unspecified atom stereocenters. The second-order valence-corrected chi connectivity index (χ2v) is 6.33. The highest BCUT2D eigenvalue weighted by Crippen LogP contribution is 2.51. The van der Waals surface area contributed by atoms with Gasteiger partial charge in [-0.05, 0) is 24.2 Å². The van der Waals surface area contributed by atoms with Gasteiger partial charge in [0.2, 0.25) is 0 Å². The van der Waals surface area contributed by atoms with Crippen LogP contribution in [0.3, 0.4) is 0 Å². The van der Waals surface area contributed by atoms with Crippen LogP contribution in [-0.2, 0) is 9.59 Å². The number of hydrogen-bond acceptors (Lipinski definition) is 3. The summed E-state index contributed by atoms with van der Waals surface area (Å²) in [6.07, 6.45) is -0.0753. The van der Waals surface area contributed by atoms with Crippen LogP contribution in [0.1, 0.15) is 33.6 Å². The fraction of sp³-hybridized carbons (Fsp3) is 0.833. The molecule has 2 saturated heterocycles. The van der Waals surface area contributed by atoms with Crippen LogP contribution in [0.25, 0.3) is 0 Å². The summed E-state index contributed by atoms with van der Waals surface area (Å²) in [5.41, 5.74) is -1.60. The van der Waals surface area contributed by atoms with Crippen molar-refractivity contribution in [3.05, 3.63) is 0 Å². The van der Waals surface area contributed by atoms with Gasteiger partial charge < -0.3 is 15.1 Å². The average Bonchev–Trinajstić information content (AvgIpc) is 2.67. The highest BCUT2D eigenvalue weighted by Gasteiger charge is 2.63. The van der Waals surface area contributed by atoms with Crippen molar-refractivity contribution in [1.82, 2.24) is 4.90 Å². The number of aliphatic hydroxyl groups excluding tert-OH is 1. The van der Waals surface area contributed by atoms with Crippen LogP contribution in [0, 0.1) is 11.3 Å². The number of carbonyl (C=O) groups excluding carboxylic acids is 1. The Kier molecular flexibility index (Phi) is 2.51. The van der Waals surface area contributed by atoms with Gasteiger partial charge in [0.1, 0.15) is 11.6 Å². The van der Waals surface area contributed by atoms with E-state index in [-0.39, 0.29) is 0 Å². The minimum absolute atomic E-state index is 0.294. The van der Waals surface area contributed by atoms with E-state index in [1.807, 2.05) is 0 Å². The number of nitrogens with zero attached hydrogens (tertiary/aromatic N) is 1. The SMILES string of the molecule is CC(C)(C)C(O)C(=O)N1CC2CC1(C(=O)O)C2. The first-order valence-corrected chi connectivity index (χ1v) is 5.91. The molecule has 5 nitrogen and oxygen atoms in total. The third-order valence-electron chi connectivity index (χ3n) is 3.93. The molecular weight excluding hydrogens is 222 g/mol. The van der Waals surface area contributed by atoms with Crippen molar-refractivity contribution in [3.8, 4) is 0 Å². The van der Waals surface area contributed by atoms with Crippen LogP contribution < -0.4 is 0 Å². The van der Waals surface area contributed by atoms with Crippen LogP contribution in [0.4, 0.5) is 0 Å². The molecule has 0 spiro atoms. The molecule has 17 heavy (non-hydrogen) atoms. The summed E-state index contributed by atoms with van der Waals surface area (Å²) in [7, 11) is 0. The van der Waals surface area contributed by atoms with Crippen molar-refractivity contribution in [2.24, 2.45) is 11.3 Å². The van der Waals surface area contributed by atoms with Gasteiger partial charge >= 0.3 is 5.97 Å². The number of fused-ring (bicyclic) bond motifs is 1. The summed E-state index contributed by atoms with van der Waals surface area (Å²) < 4.78 is 0. The van der Waals surface area contributed by atoms with Crippen LogP contribution in [-0.4, -0.2) is 45.2 Å². The minimum Gasteiger partial charge on any atom is -0.479 e. The molecule has 3 rings (SSSR count). The quantitative estimate of drug-likeness (QED) is 0.736. The Morgan fingerprint density at radius 3 is 2.29 bits per heavy atom. The van der Waals surface area contributed by atoms with Gasteiger partial charge in [-0.1, -0.05) is 20.8 Å². The lowest BCUT2D eigenvalue weighted by Gasteiger charge is -2.39. The molecule has 3 fully saturated rings. The molecule has 1 amide bonds. The first-order valence-electron chi connectivity index (χ1n) is 5.91. The van der Waals surface area contributed by atoms with Crippen molar-refractivity contribution in [1.29, 1.82) is 0 Å². The van der Waals surface area contributed by atoms with Gasteiger partial charge in [0.15, 0.2) is 0 Å². The summed E-state index contributed by atoms with van der Waals surface area (Å²) in [4.78, 5) is 24.8. The number of carbonyl (C=O) groups is 2. The molecule has 5 heteroatoms. The molecule has 0 aromatic carbocycles. The predicted molar refractivity (Wildman–Crippen MR) is 60.3 cm³/mol. The van der Waals surface area contributed by atoms with E-state index in [1.165, 1.54) is 4.90 Å². The number of aliphatic hydroxyl groups is 1. The lowest BCUT2D eigenvalue weighted by Crippen LogP contribution is -2.57. The molecule has 0 aromatic rings. The lowest BCUT2D eigenvalue weighted by molar-refractivity contribution is -0.164. The van der Waals surface area contributed by atoms with E-state index >= 15 is 0 Å². The van der Waals surface area contributed by atoms with Crippen molar-refractivity contribution in [2.75, 3.05) is 6.54 Å². The van der Waals surface area contributed by atoms with Crippen LogP contribution >= 0.6 is 0 Å². The topological polar surface area (TPSA) is 77.8 Å². The molecule has 1 atom stereocenters. The monoisotopic (exact) mass is 241 g/mol. The molecule has 2 bridgehead atoms. The maximum Gasteiger partial charge on any atom is 0.329 e. The Morgan fingerprint density at radius 2 is 1.88 bits per heavy atom. The molecule has 1 saturated carbocycles. The van der Waals surface area contributed by atoms with Gasteiger partial charge in [-0.2, -0.15) is 0 Å². The number of aliphatic carboxylic acids is 1. The third kappa shape index (κ3) is 1.64. The molecule has 3 aliphatic rings. The van der Waals surface area contributed by atoms with E-state index in [4.69, 9.17) is 0 Å². The zero-order valence-electron chi connectivity index (χ0n) is 10.4. The third-order valence-corrected chi connectivity index (χ3v) is 3.93. The summed E-state index contributed by atoms with van der Waals surface area (Å²) in [5, 5.41) is 19.2. The van der Waals surface area contributed by atoms with Crippen molar-refractivity contribution in [2.45, 2.75) is 45.3 Å². The first-order chi connectivity index (χ1) is 7.68. The summed E-state index contributed by atoms with van der Waals surface area (Å²) in [6.45, 7) is 5.77. The van der Waals surface area contributed by atoms with Gasteiger partial charge in [-0.3, -0.25) is 4.79 Å². The van der Waals surface area contributed by atoms with E-state index in [1.54, 1.807) is 20.8 Å². The van der Waals surface area contributed by atoms with Gasteiger partial charge in [-0.15, -0.1) is 0 Å². The predicted octanol–water partition coefficient (Wildman–Crippen LogP) is 0.469. The summed E-state index contributed by atoms with van der Waals surface area (Å²) in [5.74, 6) is -1.09. The maximum atomic E-state index is 12.2. The van der Waals surface area contributed by atoms with Crippen molar-refractivity contribution < 1.29 is 19.8 Å². The highest BCUT2D eigenvalue weighted by molar-refractivity contribution is 5.91. The Bertz CT molecular complexity index is 365. The van der Waals surface area contributed by atoms with Gasteiger partial charge in [0.25, 0.3) is 5.91 Å². The zero-order valence-corrected chi connectivity index (χ0v) is 10.4. The maximum absolute atomic E-state index is 12.2. The number of amides is 1. The fourth-order valence-electron chi connectivity index (χ4n) is 2.79. The highest BCUT2D eigenvalue weighted by atomic mass is 16.4. The van der Waals surface area contributed by atoms with Crippen LogP contribution in [0.2, 0.25) is 0 Å². The zero-order chi connectivity index (χ0) is 13.0. The fourth-order valence-corrected chi connectivity index (χ4v) is 2.79. The van der Waals surface area contributed by atoms with Crippen molar-refractivity contribution >= 4 is 11.9 Å². The standard InChI is InChI=1S/C12H19NO4/c1-11(2,3)8(14)9(15)13-6-7-4-12(13,5-7)10(16)17/h7-8,14H,4-6H2,1-3H3,(H,16,17). The normalized spacial score (nSPS) is 33.2. The molecule has 0 radical (unpaired) electrons. The molecule has 0 aromatic heterocycles. The van der Waals surface area contributed by atoms with Gasteiger partial charge in [0.05, 0.1) is 0 Å². The molecule has 2 heterocycles. The first kappa shape index (κ1) is 12.4. The largest absolute Gasteiger partial charge is 0.479 e. The van der Waals surface area contributed by atoms with Gasteiger partial charge in [-0.25, -0.2) is 4.79 Å². The van der Waals surface area contributed by atoms with E-state index in [9.17, 15) is 19.8 Å². The molecule has 96 valence electrons. The lowest BCUT2D eigenvalue weighted by atomic mass is 9.73. The molecule has 1 aliphatic carbocycles. The minimum atomic E-state index is -1.14. The van der Waals surface area contributed by atoms with Crippen LogP contribution in [0.15, 0.2) is 0 Å². The Hall–Kier alpha value is -1.10.